The Kier molecular flexibility index (Phi) is 5.08. The minimum atomic E-state index is -0.284. The summed E-state index contributed by atoms with van der Waals surface area (Å²) < 4.78 is 5.09. The van der Waals surface area contributed by atoms with E-state index in [0.717, 1.165) is 0 Å². The van der Waals surface area contributed by atoms with Crippen LogP contribution in [0.1, 0.15) is 10.4 Å². The number of carbonyl (C=O) groups is 2. The minimum absolute atomic E-state index is 0.0507. The molecule has 0 saturated carbocycles. The van der Waals surface area contributed by atoms with Crippen LogP contribution in [-0.2, 0) is 4.79 Å². The number of methoxy groups -OCH3 is 1. The molecular formula is C16H17N3O3. The smallest absolute Gasteiger partial charge is 0.255 e. The van der Waals surface area contributed by atoms with E-state index in [1.807, 2.05) is 0 Å². The Balaban J connectivity index is 1.95. The zero-order valence-corrected chi connectivity index (χ0v) is 12.4. The van der Waals surface area contributed by atoms with Crippen LogP contribution in [0, 0.1) is 0 Å². The highest BCUT2D eigenvalue weighted by atomic mass is 16.5. The van der Waals surface area contributed by atoms with Gasteiger partial charge in [0.05, 0.1) is 19.2 Å². The van der Waals surface area contributed by atoms with E-state index in [-0.39, 0.29) is 18.4 Å². The molecule has 1 aromatic carbocycles. The molecule has 0 unspecified atom stereocenters. The SMILES string of the molecule is COc1cccc(NC(=O)CN(C)C(=O)c2cccnc2)c1. The number of nitrogens with zero attached hydrogens (tertiary/aromatic N) is 2. The van der Waals surface area contributed by atoms with Crippen molar-refractivity contribution in [1.29, 1.82) is 0 Å². The molecule has 6 nitrogen and oxygen atoms in total. The highest BCUT2D eigenvalue weighted by molar-refractivity contribution is 5.99. The summed E-state index contributed by atoms with van der Waals surface area (Å²) in [5, 5.41) is 2.73. The number of amides is 2. The number of benzene rings is 1. The molecule has 0 bridgehead atoms. The fraction of sp³-hybridized carbons (Fsp3) is 0.188. The van der Waals surface area contributed by atoms with Gasteiger partial charge in [-0.25, -0.2) is 0 Å². The van der Waals surface area contributed by atoms with E-state index >= 15 is 0 Å². The first kappa shape index (κ1) is 15.5. The standard InChI is InChI=1S/C16H17N3O3/c1-19(16(21)12-5-4-8-17-10-12)11-15(20)18-13-6-3-7-14(9-13)22-2/h3-10H,11H2,1-2H3,(H,18,20). The van der Waals surface area contributed by atoms with Crippen molar-refractivity contribution in [2.24, 2.45) is 0 Å². The number of aromatic nitrogens is 1. The summed E-state index contributed by atoms with van der Waals surface area (Å²) in [4.78, 5) is 29.3. The maximum Gasteiger partial charge on any atom is 0.255 e. The molecule has 0 fully saturated rings. The number of carbonyl (C=O) groups excluding carboxylic acids is 2. The van der Waals surface area contributed by atoms with Gasteiger partial charge in [0.15, 0.2) is 0 Å². The summed E-state index contributed by atoms with van der Waals surface area (Å²) in [6, 6.07) is 10.4. The van der Waals surface area contributed by atoms with Gasteiger partial charge < -0.3 is 15.0 Å². The quantitative estimate of drug-likeness (QED) is 0.914. The molecule has 0 aliphatic carbocycles. The second-order valence-electron chi connectivity index (χ2n) is 4.68. The van der Waals surface area contributed by atoms with Gasteiger partial charge >= 0.3 is 0 Å². The molecule has 0 spiro atoms. The topological polar surface area (TPSA) is 71.5 Å². The largest absolute Gasteiger partial charge is 0.497 e. The van der Waals surface area contributed by atoms with E-state index in [0.29, 0.717) is 17.0 Å². The van der Waals surface area contributed by atoms with Crippen LogP contribution < -0.4 is 10.1 Å². The molecule has 114 valence electrons. The molecule has 22 heavy (non-hydrogen) atoms. The van der Waals surface area contributed by atoms with Crippen LogP contribution in [0.5, 0.6) is 5.75 Å². The van der Waals surface area contributed by atoms with Crippen LogP contribution in [0.15, 0.2) is 48.8 Å². The van der Waals surface area contributed by atoms with Crippen molar-refractivity contribution in [3.8, 4) is 5.75 Å². The lowest BCUT2D eigenvalue weighted by atomic mass is 10.2. The second kappa shape index (κ2) is 7.21. The first-order valence-electron chi connectivity index (χ1n) is 6.69. The third-order valence-electron chi connectivity index (χ3n) is 2.99. The summed E-state index contributed by atoms with van der Waals surface area (Å²) in [7, 11) is 3.13. The maximum absolute atomic E-state index is 12.1. The first-order valence-corrected chi connectivity index (χ1v) is 6.69. The molecule has 2 amide bonds. The summed E-state index contributed by atoms with van der Waals surface area (Å²) in [6.07, 6.45) is 3.06. The van der Waals surface area contributed by atoms with Gasteiger partial charge in [0, 0.05) is 31.2 Å². The van der Waals surface area contributed by atoms with Gasteiger partial charge in [0.1, 0.15) is 5.75 Å². The molecule has 6 heteroatoms. The van der Waals surface area contributed by atoms with E-state index in [4.69, 9.17) is 4.74 Å². The van der Waals surface area contributed by atoms with E-state index in [1.54, 1.807) is 56.8 Å². The maximum atomic E-state index is 12.1. The monoisotopic (exact) mass is 299 g/mol. The third-order valence-corrected chi connectivity index (χ3v) is 2.99. The van der Waals surface area contributed by atoms with Gasteiger partial charge in [-0.2, -0.15) is 0 Å². The van der Waals surface area contributed by atoms with E-state index in [9.17, 15) is 9.59 Å². The molecule has 0 aliphatic rings. The number of likely N-dealkylation sites (N-methyl/N-ethyl adjacent to an activating group) is 1. The number of rotatable bonds is 5. The van der Waals surface area contributed by atoms with Crippen LogP contribution >= 0.6 is 0 Å². The van der Waals surface area contributed by atoms with Crippen molar-refractivity contribution in [2.45, 2.75) is 0 Å². The molecule has 1 aromatic heterocycles. The van der Waals surface area contributed by atoms with Gasteiger partial charge in [-0.3, -0.25) is 14.6 Å². The molecule has 0 aliphatic heterocycles. The normalized spacial score (nSPS) is 9.91. The number of ether oxygens (including phenoxy) is 1. The first-order chi connectivity index (χ1) is 10.6. The van der Waals surface area contributed by atoms with Gasteiger partial charge in [-0.1, -0.05) is 6.07 Å². The molecular weight excluding hydrogens is 282 g/mol. The van der Waals surface area contributed by atoms with Crippen molar-refractivity contribution in [3.63, 3.8) is 0 Å². The molecule has 1 N–H and O–H groups in total. The van der Waals surface area contributed by atoms with Crippen LogP contribution in [-0.4, -0.2) is 42.4 Å². The Morgan fingerprint density at radius 2 is 2.09 bits per heavy atom. The predicted octanol–water partition coefficient (Wildman–Crippen LogP) is 1.80. The Morgan fingerprint density at radius 1 is 1.27 bits per heavy atom. The molecule has 0 radical (unpaired) electrons. The molecule has 1 heterocycles. The Labute approximate surface area is 128 Å². The number of hydrogen-bond donors (Lipinski definition) is 1. The average Bonchev–Trinajstić information content (AvgIpc) is 2.55. The molecule has 2 aromatic rings. The van der Waals surface area contributed by atoms with Crippen molar-refractivity contribution in [2.75, 3.05) is 26.0 Å². The lowest BCUT2D eigenvalue weighted by molar-refractivity contribution is -0.116. The zero-order chi connectivity index (χ0) is 15.9. The number of nitrogens with one attached hydrogen (secondary N) is 1. The Morgan fingerprint density at radius 3 is 2.77 bits per heavy atom. The minimum Gasteiger partial charge on any atom is -0.497 e. The van der Waals surface area contributed by atoms with Gasteiger partial charge in [0.2, 0.25) is 5.91 Å². The Hall–Kier alpha value is -2.89. The van der Waals surface area contributed by atoms with Crippen LogP contribution in [0.2, 0.25) is 0 Å². The third kappa shape index (κ3) is 4.05. The zero-order valence-electron chi connectivity index (χ0n) is 12.4. The van der Waals surface area contributed by atoms with Crippen molar-refractivity contribution < 1.29 is 14.3 Å². The number of anilines is 1. The van der Waals surface area contributed by atoms with Crippen LogP contribution in [0.25, 0.3) is 0 Å². The van der Waals surface area contributed by atoms with Gasteiger partial charge in [-0.15, -0.1) is 0 Å². The highest BCUT2D eigenvalue weighted by Gasteiger charge is 2.15. The molecule has 0 saturated heterocycles. The lowest BCUT2D eigenvalue weighted by Crippen LogP contribution is -2.34. The summed E-state index contributed by atoms with van der Waals surface area (Å²) in [5.41, 5.74) is 1.06. The van der Waals surface area contributed by atoms with Gasteiger partial charge in [0.25, 0.3) is 5.91 Å². The highest BCUT2D eigenvalue weighted by Crippen LogP contribution is 2.16. The number of pyridine rings is 1. The molecule has 2 rings (SSSR count). The van der Waals surface area contributed by atoms with Crippen molar-refractivity contribution >= 4 is 17.5 Å². The predicted molar refractivity (Wildman–Crippen MR) is 82.8 cm³/mol. The summed E-state index contributed by atoms with van der Waals surface area (Å²) in [5.74, 6) is 0.111. The molecule has 0 atom stereocenters. The lowest BCUT2D eigenvalue weighted by Gasteiger charge is -2.16. The van der Waals surface area contributed by atoms with E-state index in [2.05, 4.69) is 10.3 Å². The van der Waals surface area contributed by atoms with Crippen molar-refractivity contribution in [3.05, 3.63) is 54.4 Å². The van der Waals surface area contributed by atoms with Crippen molar-refractivity contribution in [1.82, 2.24) is 9.88 Å². The average molecular weight is 299 g/mol. The summed E-state index contributed by atoms with van der Waals surface area (Å²) >= 11 is 0. The van der Waals surface area contributed by atoms with Crippen LogP contribution in [0.4, 0.5) is 5.69 Å². The van der Waals surface area contributed by atoms with Gasteiger partial charge in [-0.05, 0) is 24.3 Å². The van der Waals surface area contributed by atoms with Crippen LogP contribution in [0.3, 0.4) is 0 Å². The fourth-order valence-corrected chi connectivity index (χ4v) is 1.90. The summed E-state index contributed by atoms with van der Waals surface area (Å²) in [6.45, 7) is -0.0507. The number of hydrogen-bond acceptors (Lipinski definition) is 4. The fourth-order valence-electron chi connectivity index (χ4n) is 1.90. The second-order valence-corrected chi connectivity index (χ2v) is 4.68. The Bertz CT molecular complexity index is 659. The van der Waals surface area contributed by atoms with E-state index in [1.165, 1.54) is 11.1 Å². The van der Waals surface area contributed by atoms with E-state index < -0.39 is 0 Å².